The Kier molecular flexibility index (Phi) is 2.67. The topological polar surface area (TPSA) is 12.9 Å². The fraction of sp³-hybridized carbons (Fsp3) is 0.0833. The number of benzene rings is 1. The van der Waals surface area contributed by atoms with Crippen molar-refractivity contribution >= 4 is 22.5 Å². The number of alkyl halides is 1. The minimum atomic E-state index is 0.354. The Morgan fingerprint density at radius 3 is 3.00 bits per heavy atom. The molecule has 68 valence electrons. The van der Waals surface area contributed by atoms with Crippen LogP contribution in [0, 0.1) is 11.8 Å². The zero-order chi connectivity index (χ0) is 9.80. The van der Waals surface area contributed by atoms with Crippen molar-refractivity contribution in [3.63, 3.8) is 0 Å². The van der Waals surface area contributed by atoms with E-state index < -0.39 is 0 Å². The molecule has 2 aromatic rings. The molecule has 2 rings (SSSR count). The van der Waals surface area contributed by atoms with Crippen molar-refractivity contribution in [1.82, 2.24) is 4.98 Å². The van der Waals surface area contributed by atoms with Crippen LogP contribution in [0.4, 0.5) is 0 Å². The molecule has 0 aliphatic heterocycles. The molecule has 0 N–H and O–H groups in total. The van der Waals surface area contributed by atoms with Gasteiger partial charge in [0.25, 0.3) is 0 Å². The molecule has 0 bridgehead atoms. The van der Waals surface area contributed by atoms with E-state index in [2.05, 4.69) is 16.8 Å². The molecule has 1 nitrogen and oxygen atoms in total. The van der Waals surface area contributed by atoms with Gasteiger partial charge in [0.2, 0.25) is 0 Å². The largest absolute Gasteiger partial charge is 0.255 e. The first kappa shape index (κ1) is 9.05. The van der Waals surface area contributed by atoms with Crippen LogP contribution in [0.2, 0.25) is 0 Å². The first-order valence-electron chi connectivity index (χ1n) is 4.30. The third-order valence-electron chi connectivity index (χ3n) is 1.89. The van der Waals surface area contributed by atoms with Crippen LogP contribution in [0.5, 0.6) is 0 Å². The molecular formula is C12H8ClN. The zero-order valence-corrected chi connectivity index (χ0v) is 8.25. The molecule has 1 aromatic carbocycles. The molecule has 0 fully saturated rings. The van der Waals surface area contributed by atoms with E-state index in [0.717, 1.165) is 16.5 Å². The average Bonchev–Trinajstić information content (AvgIpc) is 2.26. The molecule has 0 amide bonds. The van der Waals surface area contributed by atoms with Gasteiger partial charge in [-0.3, -0.25) is 4.98 Å². The minimum absolute atomic E-state index is 0.354. The summed E-state index contributed by atoms with van der Waals surface area (Å²) >= 11 is 5.48. The predicted octanol–water partition coefficient (Wildman–Crippen LogP) is 2.83. The Morgan fingerprint density at radius 1 is 1.29 bits per heavy atom. The minimum Gasteiger partial charge on any atom is -0.255 e. The number of hydrogen-bond acceptors (Lipinski definition) is 1. The Morgan fingerprint density at radius 2 is 2.14 bits per heavy atom. The van der Waals surface area contributed by atoms with Gasteiger partial charge < -0.3 is 0 Å². The second-order valence-electron chi connectivity index (χ2n) is 2.85. The van der Waals surface area contributed by atoms with E-state index in [0.29, 0.717) is 5.88 Å². The monoisotopic (exact) mass is 201 g/mol. The molecule has 14 heavy (non-hydrogen) atoms. The number of rotatable bonds is 0. The van der Waals surface area contributed by atoms with E-state index in [1.165, 1.54) is 0 Å². The molecule has 0 aliphatic carbocycles. The third-order valence-corrected chi connectivity index (χ3v) is 2.02. The molecule has 2 heteroatoms. The van der Waals surface area contributed by atoms with Crippen molar-refractivity contribution in [2.75, 3.05) is 5.88 Å². The SMILES string of the molecule is ClCC#Cc1cnc2ccccc2c1. The summed E-state index contributed by atoms with van der Waals surface area (Å²) in [6.07, 6.45) is 1.77. The third kappa shape index (κ3) is 1.86. The average molecular weight is 202 g/mol. The quantitative estimate of drug-likeness (QED) is 0.472. The standard InChI is InChI=1S/C12H8ClN/c13-7-3-4-10-8-11-5-1-2-6-12(11)14-9-10/h1-2,5-6,8-9H,7H2. The van der Waals surface area contributed by atoms with Gasteiger partial charge in [0, 0.05) is 17.1 Å². The summed E-state index contributed by atoms with van der Waals surface area (Å²) in [4.78, 5) is 4.29. The van der Waals surface area contributed by atoms with E-state index in [9.17, 15) is 0 Å². The van der Waals surface area contributed by atoms with E-state index in [4.69, 9.17) is 11.6 Å². The van der Waals surface area contributed by atoms with E-state index in [1.54, 1.807) is 6.20 Å². The zero-order valence-electron chi connectivity index (χ0n) is 7.50. The normalized spacial score (nSPS) is 9.50. The molecule has 0 radical (unpaired) electrons. The molecule has 0 spiro atoms. The number of halogens is 1. The highest BCUT2D eigenvalue weighted by Gasteiger charge is 1.93. The van der Waals surface area contributed by atoms with Crippen molar-refractivity contribution < 1.29 is 0 Å². The van der Waals surface area contributed by atoms with E-state index >= 15 is 0 Å². The summed E-state index contributed by atoms with van der Waals surface area (Å²) in [6, 6.07) is 9.98. The Hall–Kier alpha value is -1.52. The van der Waals surface area contributed by atoms with Crippen molar-refractivity contribution in [3.8, 4) is 11.8 Å². The summed E-state index contributed by atoms with van der Waals surface area (Å²) in [7, 11) is 0. The van der Waals surface area contributed by atoms with Gasteiger partial charge in [-0.05, 0) is 12.1 Å². The fourth-order valence-electron chi connectivity index (χ4n) is 1.27. The highest BCUT2D eigenvalue weighted by atomic mass is 35.5. The van der Waals surface area contributed by atoms with Gasteiger partial charge in [-0.15, -0.1) is 11.6 Å². The van der Waals surface area contributed by atoms with E-state index in [-0.39, 0.29) is 0 Å². The predicted molar refractivity (Wildman–Crippen MR) is 59.3 cm³/mol. The van der Waals surface area contributed by atoms with Gasteiger partial charge in [-0.25, -0.2) is 0 Å². The Bertz CT molecular complexity index is 508. The molecule has 0 saturated heterocycles. The summed E-state index contributed by atoms with van der Waals surface area (Å²) in [5.41, 5.74) is 1.90. The second-order valence-corrected chi connectivity index (χ2v) is 3.12. The van der Waals surface area contributed by atoms with Crippen LogP contribution in [-0.2, 0) is 0 Å². The van der Waals surface area contributed by atoms with Gasteiger partial charge in [-0.2, -0.15) is 0 Å². The maximum atomic E-state index is 5.48. The van der Waals surface area contributed by atoms with Gasteiger partial charge in [0.1, 0.15) is 0 Å². The lowest BCUT2D eigenvalue weighted by Crippen LogP contribution is -1.81. The highest BCUT2D eigenvalue weighted by molar-refractivity contribution is 6.19. The Labute approximate surface area is 87.7 Å². The number of fused-ring (bicyclic) bond motifs is 1. The van der Waals surface area contributed by atoms with E-state index in [1.807, 2.05) is 30.3 Å². The summed E-state index contributed by atoms with van der Waals surface area (Å²) in [6.45, 7) is 0. The molecule has 0 aliphatic rings. The summed E-state index contributed by atoms with van der Waals surface area (Å²) in [5, 5.41) is 1.11. The molecular weight excluding hydrogens is 194 g/mol. The van der Waals surface area contributed by atoms with Crippen LogP contribution in [0.1, 0.15) is 5.56 Å². The molecule has 1 heterocycles. The van der Waals surface area contributed by atoms with Crippen LogP contribution in [0.3, 0.4) is 0 Å². The first-order chi connectivity index (χ1) is 6.90. The summed E-state index contributed by atoms with van der Waals surface area (Å²) < 4.78 is 0. The first-order valence-corrected chi connectivity index (χ1v) is 4.83. The van der Waals surface area contributed by atoms with Crippen molar-refractivity contribution in [2.24, 2.45) is 0 Å². The fourth-order valence-corrected chi connectivity index (χ4v) is 1.34. The number of aromatic nitrogens is 1. The van der Waals surface area contributed by atoms with Crippen LogP contribution >= 0.6 is 11.6 Å². The number of hydrogen-bond donors (Lipinski definition) is 0. The van der Waals surface area contributed by atoms with Gasteiger partial charge >= 0.3 is 0 Å². The number of nitrogens with zero attached hydrogens (tertiary/aromatic N) is 1. The second kappa shape index (κ2) is 4.13. The van der Waals surface area contributed by atoms with Gasteiger partial charge in [0.05, 0.1) is 11.4 Å². The van der Waals surface area contributed by atoms with Gasteiger partial charge in [0.15, 0.2) is 0 Å². The lowest BCUT2D eigenvalue weighted by molar-refractivity contribution is 1.39. The Balaban J connectivity index is 2.51. The van der Waals surface area contributed by atoms with Crippen LogP contribution in [0.15, 0.2) is 36.5 Å². The number of pyridine rings is 1. The molecule has 1 aromatic heterocycles. The van der Waals surface area contributed by atoms with Crippen LogP contribution in [-0.4, -0.2) is 10.9 Å². The maximum Gasteiger partial charge on any atom is 0.0839 e. The van der Waals surface area contributed by atoms with Gasteiger partial charge in [-0.1, -0.05) is 30.0 Å². The summed E-state index contributed by atoms with van der Waals surface area (Å²) in [5.74, 6) is 6.10. The smallest absolute Gasteiger partial charge is 0.0839 e. The lowest BCUT2D eigenvalue weighted by atomic mass is 10.2. The molecule has 0 unspecified atom stereocenters. The van der Waals surface area contributed by atoms with Crippen molar-refractivity contribution in [2.45, 2.75) is 0 Å². The molecule has 0 saturated carbocycles. The van der Waals surface area contributed by atoms with Crippen LogP contribution in [0.25, 0.3) is 10.9 Å². The van der Waals surface area contributed by atoms with Crippen LogP contribution < -0.4 is 0 Å². The lowest BCUT2D eigenvalue weighted by Gasteiger charge is -1.95. The highest BCUT2D eigenvalue weighted by Crippen LogP contribution is 2.11. The maximum absolute atomic E-state index is 5.48. The number of para-hydroxylation sites is 1. The molecule has 0 atom stereocenters. The van der Waals surface area contributed by atoms with Crippen molar-refractivity contribution in [3.05, 3.63) is 42.1 Å². The van der Waals surface area contributed by atoms with Crippen molar-refractivity contribution in [1.29, 1.82) is 0 Å².